The molecule has 9 aromatic heterocycles. The van der Waals surface area contributed by atoms with Crippen molar-refractivity contribution in [1.29, 1.82) is 0 Å². The lowest BCUT2D eigenvalue weighted by Crippen LogP contribution is -2.38. The predicted octanol–water partition coefficient (Wildman–Crippen LogP) is 8.72. The smallest absolute Gasteiger partial charge is 0.0998 e. The topological polar surface area (TPSA) is 261 Å². The first kappa shape index (κ1) is 54.6. The summed E-state index contributed by atoms with van der Waals surface area (Å²) < 4.78 is 6.00. The third kappa shape index (κ3) is 14.1. The van der Waals surface area contributed by atoms with Crippen molar-refractivity contribution in [3.05, 3.63) is 188 Å². The van der Waals surface area contributed by atoms with Crippen LogP contribution in [0.5, 0.6) is 0 Å². The summed E-state index contributed by atoms with van der Waals surface area (Å²) >= 11 is 0. The van der Waals surface area contributed by atoms with Crippen molar-refractivity contribution in [2.24, 2.45) is 5.92 Å². The molecule has 76 heavy (non-hydrogen) atoms. The van der Waals surface area contributed by atoms with Gasteiger partial charge in [0, 0.05) is 131 Å². The number of hydrogen-bond donors (Lipinski definition) is 6. The highest BCUT2D eigenvalue weighted by Gasteiger charge is 2.25. The average Bonchev–Trinajstić information content (AvgIpc) is 4.28. The molecule has 11 rings (SSSR count). The first-order valence-corrected chi connectivity index (χ1v) is 25.3. The van der Waals surface area contributed by atoms with E-state index in [1.54, 1.807) is 68.3 Å². The van der Waals surface area contributed by atoms with Gasteiger partial charge in [0.05, 0.1) is 99.9 Å². The third-order valence-corrected chi connectivity index (χ3v) is 13.6. The molecule has 2 fully saturated rings. The summed E-state index contributed by atoms with van der Waals surface area (Å²) in [6.45, 7) is 16.4. The van der Waals surface area contributed by atoms with E-state index >= 15 is 0 Å². The number of imidazole rings is 1. The maximum absolute atomic E-state index is 6.00. The van der Waals surface area contributed by atoms with E-state index in [2.05, 4.69) is 81.5 Å². The number of piperidine rings is 2. The van der Waals surface area contributed by atoms with Crippen molar-refractivity contribution in [2.45, 2.75) is 59.3 Å². The van der Waals surface area contributed by atoms with Crippen LogP contribution in [0.3, 0.4) is 0 Å². The van der Waals surface area contributed by atoms with Crippen LogP contribution in [0.1, 0.15) is 59.9 Å². The first-order chi connectivity index (χ1) is 36.7. The maximum Gasteiger partial charge on any atom is 0.0998 e. The molecular formula is C57H73N19. The van der Waals surface area contributed by atoms with Gasteiger partial charge in [0.15, 0.2) is 0 Å². The highest BCUT2D eigenvalue weighted by Crippen LogP contribution is 2.32. The summed E-state index contributed by atoms with van der Waals surface area (Å²) in [7, 11) is 4.12. The molecule has 0 aromatic carbocycles. The van der Waals surface area contributed by atoms with Crippen LogP contribution in [0.2, 0.25) is 0 Å². The van der Waals surface area contributed by atoms with Gasteiger partial charge in [-0.1, -0.05) is 6.58 Å². The van der Waals surface area contributed by atoms with E-state index in [0.717, 1.165) is 95.9 Å². The van der Waals surface area contributed by atoms with Crippen molar-refractivity contribution in [3.8, 4) is 17.1 Å². The Morgan fingerprint density at radius 1 is 0.592 bits per heavy atom. The molecule has 2 aliphatic heterocycles. The van der Waals surface area contributed by atoms with Gasteiger partial charge in [0.25, 0.3) is 0 Å². The second-order valence-electron chi connectivity index (χ2n) is 19.0. The summed E-state index contributed by atoms with van der Waals surface area (Å²) in [4.78, 5) is 30.9. The minimum Gasteiger partial charge on any atom is -0.396 e. The Bertz CT molecular complexity index is 3220. The zero-order valence-electron chi connectivity index (χ0n) is 44.6. The molecule has 396 valence electrons. The molecule has 0 aliphatic carbocycles. The predicted molar refractivity (Wildman–Crippen MR) is 309 cm³/mol. The Hall–Kier alpha value is -9.13. The normalized spacial score (nSPS) is 14.1. The molecule has 0 radical (unpaired) electrons. The lowest BCUT2D eigenvalue weighted by molar-refractivity contribution is 0.370. The average molecular weight is 1020 g/mol. The van der Waals surface area contributed by atoms with Crippen LogP contribution in [0.4, 0.5) is 39.8 Å². The van der Waals surface area contributed by atoms with Gasteiger partial charge in [-0.3, -0.25) is 30.0 Å². The minimum atomic E-state index is 0.515. The Balaban J connectivity index is 0.000000139. The molecule has 0 saturated carbocycles. The monoisotopic (exact) mass is 1020 g/mol. The van der Waals surface area contributed by atoms with Crippen LogP contribution < -0.4 is 38.5 Å². The van der Waals surface area contributed by atoms with Crippen molar-refractivity contribution >= 4 is 39.8 Å². The van der Waals surface area contributed by atoms with E-state index in [0.29, 0.717) is 28.9 Å². The highest BCUT2D eigenvalue weighted by molar-refractivity contribution is 5.67. The summed E-state index contributed by atoms with van der Waals surface area (Å²) in [5, 5.41) is 7.09. The van der Waals surface area contributed by atoms with E-state index in [4.69, 9.17) is 28.7 Å². The second-order valence-corrected chi connectivity index (χ2v) is 19.0. The van der Waals surface area contributed by atoms with E-state index in [-0.39, 0.29) is 0 Å². The first-order valence-electron chi connectivity index (χ1n) is 25.3. The lowest BCUT2D eigenvalue weighted by Gasteiger charge is -2.37. The number of anilines is 7. The molecular weight excluding hydrogens is 951 g/mol. The van der Waals surface area contributed by atoms with Crippen LogP contribution in [0, 0.1) is 33.6 Å². The molecule has 9 aromatic rings. The number of aromatic nitrogens is 11. The SMILES string of the molecule is C=C(C1CCCN(c2ccncc2N)C1)N(C)C.Cc1cccn1-c1ccncc1N.Cc1ccn(-c2ccncc2N)c1.Cc1ncn(-c2ccncc2N)c1C.Nc1cnccc1N1CCC(c2ccn[nH]2)CC1. The molecule has 2 saturated heterocycles. The summed E-state index contributed by atoms with van der Waals surface area (Å²) in [6.07, 6.45) is 31.5. The summed E-state index contributed by atoms with van der Waals surface area (Å²) in [5.74, 6) is 1.10. The quantitative estimate of drug-likeness (QED) is 0.0831. The molecule has 1 atom stereocenters. The maximum atomic E-state index is 6.00. The Morgan fingerprint density at radius 2 is 1.12 bits per heavy atom. The standard InChI is InChI=1S/C14H22N4.C13H17N5.C10H12N4.2C10H11N3/c1-11(17(2)3)12-5-4-8-18(10-12)14-6-7-16-9-13(14)15;14-11-9-15-5-2-13(11)18-7-3-10(4-8-18)12-1-6-16-17-12;1-7-8(2)14(6-13-7)10-3-4-12-5-9(10)11;1-8-3-5-13(7-8)10-2-4-12-6-9(10)11;1-8-3-2-6-13(8)10-4-5-12-7-9(10)11/h6-7,9,12H,1,4-5,8,10,15H2,2-3H3;1-2,5-6,9-10H,3-4,7-8,14H2,(H,16,17);3-6H,11H2,1-2H3;2*2-7H,11H2,1H3. The Morgan fingerprint density at radius 3 is 1.57 bits per heavy atom. The van der Waals surface area contributed by atoms with Crippen molar-refractivity contribution in [3.63, 3.8) is 0 Å². The number of nitrogen functional groups attached to an aromatic ring is 5. The van der Waals surface area contributed by atoms with Crippen LogP contribution in [-0.2, 0) is 0 Å². The molecule has 19 heteroatoms. The molecule has 19 nitrogen and oxygen atoms in total. The second kappa shape index (κ2) is 26.2. The van der Waals surface area contributed by atoms with Gasteiger partial charge in [-0.2, -0.15) is 5.10 Å². The third-order valence-electron chi connectivity index (χ3n) is 13.6. The number of nitrogens with two attached hydrogens (primary N) is 5. The molecule has 11 heterocycles. The van der Waals surface area contributed by atoms with Gasteiger partial charge in [-0.25, -0.2) is 4.98 Å². The zero-order chi connectivity index (χ0) is 54.1. The number of pyridine rings is 5. The Kier molecular flexibility index (Phi) is 18.8. The van der Waals surface area contributed by atoms with Gasteiger partial charge < -0.3 is 57.1 Å². The highest BCUT2D eigenvalue weighted by atomic mass is 15.2. The van der Waals surface area contributed by atoms with Gasteiger partial charge in [-0.15, -0.1) is 0 Å². The summed E-state index contributed by atoms with van der Waals surface area (Å²) in [5.41, 5.74) is 45.0. The molecule has 2 aliphatic rings. The van der Waals surface area contributed by atoms with Crippen LogP contribution >= 0.6 is 0 Å². The van der Waals surface area contributed by atoms with Crippen molar-refractivity contribution in [1.82, 2.24) is 58.7 Å². The number of nitrogens with one attached hydrogen (secondary N) is 1. The zero-order valence-corrected chi connectivity index (χ0v) is 44.6. The van der Waals surface area contributed by atoms with E-state index in [1.807, 2.05) is 115 Å². The van der Waals surface area contributed by atoms with Crippen LogP contribution in [0.25, 0.3) is 17.1 Å². The molecule has 1 unspecified atom stereocenters. The number of aromatic amines is 1. The van der Waals surface area contributed by atoms with E-state index < -0.39 is 0 Å². The fourth-order valence-electron chi connectivity index (χ4n) is 9.14. The number of aryl methyl sites for hydroxylation is 3. The molecule has 11 N–H and O–H groups in total. The lowest BCUT2D eigenvalue weighted by atomic mass is 9.93. The van der Waals surface area contributed by atoms with E-state index in [9.17, 15) is 0 Å². The van der Waals surface area contributed by atoms with Gasteiger partial charge in [0.1, 0.15) is 0 Å². The number of nitrogens with zero attached hydrogens (tertiary/aromatic N) is 13. The van der Waals surface area contributed by atoms with Gasteiger partial charge in [0.2, 0.25) is 0 Å². The fourth-order valence-corrected chi connectivity index (χ4v) is 9.14. The Labute approximate surface area is 446 Å². The molecule has 0 bridgehead atoms. The minimum absolute atomic E-state index is 0.515. The largest absolute Gasteiger partial charge is 0.396 e. The van der Waals surface area contributed by atoms with Gasteiger partial charge in [-0.05, 0) is 114 Å². The van der Waals surface area contributed by atoms with Crippen molar-refractivity contribution < 1.29 is 0 Å². The fraction of sp³-hybridized carbons (Fsp3) is 0.281. The molecule has 0 spiro atoms. The van der Waals surface area contributed by atoms with Crippen LogP contribution in [-0.4, -0.2) is 99.0 Å². The van der Waals surface area contributed by atoms with Crippen molar-refractivity contribution in [2.75, 3.05) is 78.7 Å². The number of H-pyrrole nitrogens is 1. The van der Waals surface area contributed by atoms with Crippen LogP contribution in [0.15, 0.2) is 160 Å². The number of hydrogen-bond acceptors (Lipinski definition) is 15. The van der Waals surface area contributed by atoms with E-state index in [1.165, 1.54) is 29.8 Å². The summed E-state index contributed by atoms with van der Waals surface area (Å²) in [6, 6.07) is 17.8. The molecule has 0 amide bonds. The number of rotatable bonds is 8. The van der Waals surface area contributed by atoms with Gasteiger partial charge >= 0.3 is 0 Å².